The van der Waals surface area contributed by atoms with E-state index in [0.29, 0.717) is 185 Å². The van der Waals surface area contributed by atoms with Crippen LogP contribution in [0.25, 0.3) is 0 Å². The van der Waals surface area contributed by atoms with Gasteiger partial charge in [-0.3, -0.25) is 0 Å². The second kappa shape index (κ2) is 30.0. The van der Waals surface area contributed by atoms with Gasteiger partial charge in [0.15, 0.2) is 0 Å². The summed E-state index contributed by atoms with van der Waals surface area (Å²) in [6, 6.07) is 0. The fraction of sp³-hybridized carbons (Fsp3) is 0. The molecule has 0 spiro atoms. The highest BCUT2D eigenvalue weighted by molar-refractivity contribution is 8.38. The van der Waals surface area contributed by atoms with Crippen LogP contribution in [0.4, 0.5) is 0 Å². The fourth-order valence-corrected chi connectivity index (χ4v) is 17.5. The van der Waals surface area contributed by atoms with E-state index in [1.807, 2.05) is 0 Å². The molecule has 0 heterocycles. The van der Waals surface area contributed by atoms with Gasteiger partial charge < -0.3 is 0 Å². The van der Waals surface area contributed by atoms with E-state index in [1.54, 1.807) is 0 Å². The molecule has 0 aromatic carbocycles. The summed E-state index contributed by atoms with van der Waals surface area (Å²) in [5, 5.41) is 0. The molecule has 246 valence electrons. The number of hydrogen-bond acceptors (Lipinski definition) is 0. The summed E-state index contributed by atoms with van der Waals surface area (Å²) in [6.45, 7) is 0. The minimum atomic E-state index is 0.622. The van der Waals surface area contributed by atoms with Crippen molar-refractivity contribution in [3.05, 3.63) is 0 Å². The molecule has 0 aromatic heterocycles. The molecule has 0 fully saturated rings. The van der Waals surface area contributed by atoms with Crippen molar-refractivity contribution in [1.29, 1.82) is 0 Å². The van der Waals surface area contributed by atoms with E-state index < -0.39 is 0 Å². The maximum Gasteiger partial charge on any atom is 0.0593 e. The predicted octanol–water partition coefficient (Wildman–Crippen LogP) is -40.1. The summed E-state index contributed by atoms with van der Waals surface area (Å²) in [7, 11) is 83.5. The van der Waals surface area contributed by atoms with Crippen molar-refractivity contribution in [3.63, 3.8) is 0 Å². The van der Waals surface area contributed by atoms with Gasteiger partial charge in [0.05, 0.1) is 240 Å². The van der Waals surface area contributed by atoms with E-state index in [9.17, 15) is 0 Å². The topological polar surface area (TPSA) is 0 Å². The van der Waals surface area contributed by atoms with Gasteiger partial charge in [0.1, 0.15) is 0 Å². The van der Waals surface area contributed by atoms with E-state index in [1.165, 1.54) is 7.06 Å². The zero-order chi connectivity index (χ0) is 48.5. The van der Waals surface area contributed by atoms with Gasteiger partial charge in [0, 0.05) is 192 Å². The molecule has 0 rings (SSSR count). The van der Waals surface area contributed by atoms with Crippen LogP contribution >= 0.6 is 0 Å². The maximum absolute atomic E-state index is 2.65. The third-order valence-corrected chi connectivity index (χ3v) is 17.9. The van der Waals surface area contributed by atoms with Crippen LogP contribution in [0.3, 0.4) is 0 Å². The Morgan fingerprint density at radius 2 is 0.262 bits per heavy atom. The second-order valence-electron chi connectivity index (χ2n) is 27.2. The Balaban J connectivity index is 10.8. The number of rotatable bonds is 29. The van der Waals surface area contributed by atoms with Crippen molar-refractivity contribution >= 4 is 432 Å². The van der Waals surface area contributed by atoms with Gasteiger partial charge in [0.25, 0.3) is 0 Å². The Kier molecular flexibility index (Phi) is 31.9. The zero-order valence-electron chi connectivity index (χ0n) is 48.5. The monoisotopic (exact) mass is 735 g/mol. The minimum absolute atomic E-state index is 0.622. The molecular formula is H63B61. The van der Waals surface area contributed by atoms with E-state index in [2.05, 4.69) is 240 Å². The van der Waals surface area contributed by atoms with Gasteiger partial charge in [-0.1, -0.05) is 0 Å². The molecule has 61 heavy (non-hydrogen) atoms. The van der Waals surface area contributed by atoms with Crippen LogP contribution < -0.4 is 0 Å². The fourth-order valence-electron chi connectivity index (χ4n) is 17.5. The highest BCUT2D eigenvalue weighted by Crippen LogP contribution is 2.24. The molecule has 0 saturated heterocycles. The van der Waals surface area contributed by atoms with Crippen molar-refractivity contribution in [2.24, 2.45) is 0 Å². The summed E-state index contributed by atoms with van der Waals surface area (Å²) in [5.74, 6) is 0. The van der Waals surface area contributed by atoms with Crippen LogP contribution in [0.5, 0.6) is 0 Å². The third kappa shape index (κ3) is 17.6. The highest BCUT2D eigenvalue weighted by atomic mass is 13.4. The van der Waals surface area contributed by atoms with Gasteiger partial charge in [-0.2, -0.15) is 0 Å². The summed E-state index contributed by atoms with van der Waals surface area (Å²) >= 11 is 0. The van der Waals surface area contributed by atoms with Gasteiger partial charge >= 0.3 is 0 Å². The Hall–Kier alpha value is 3.96. The molecule has 0 unspecified atom stereocenters. The van der Waals surface area contributed by atoms with E-state index in [0.717, 1.165) is 0 Å². The highest BCUT2D eigenvalue weighted by Gasteiger charge is 2.63. The Bertz CT molecular complexity index is 947. The second-order valence-corrected chi connectivity index (χ2v) is 27.2. The largest absolute Gasteiger partial charge is 0.0593 e. The van der Waals surface area contributed by atoms with E-state index in [-0.39, 0.29) is 0 Å². The van der Waals surface area contributed by atoms with Crippen LogP contribution in [0.15, 0.2) is 0 Å². The van der Waals surface area contributed by atoms with E-state index in [4.69, 9.17) is 0 Å². The standard InChI is InChI=1S/B61H63/c1-32-48(33(2)3)56(49(34(4)5)35(6)7)60(57(50(36(8)9)37(10)11)51(38(12)13)39(14)15)61(58(52(40(16)17)41(18)19)53(42(20)21)43(22)23)59(54(44(24)25)45(26)27)55(46(28)29)47(30)31/h32H,1-31H2. The van der Waals surface area contributed by atoms with Gasteiger partial charge in [-0.25, -0.2) is 0 Å². The Morgan fingerprint density at radius 3 is 0.377 bits per heavy atom. The lowest BCUT2D eigenvalue weighted by Gasteiger charge is -2.58. The molecule has 0 aliphatic rings. The van der Waals surface area contributed by atoms with Crippen LogP contribution in [0.2, 0.25) is 0 Å². The van der Waals surface area contributed by atoms with Crippen molar-refractivity contribution in [2.45, 2.75) is 0 Å². The van der Waals surface area contributed by atoms with Crippen LogP contribution in [-0.4, -0.2) is 432 Å². The molecule has 0 saturated carbocycles. The van der Waals surface area contributed by atoms with Gasteiger partial charge in [-0.15, -0.1) is 0 Å². The lowest BCUT2D eigenvalue weighted by molar-refractivity contribution is 3.17. The van der Waals surface area contributed by atoms with Crippen LogP contribution in [-0.2, 0) is 0 Å². The summed E-state index contributed by atoms with van der Waals surface area (Å²) in [6.07, 6.45) is 18.7. The normalized spacial score (nSPS) is 9.70. The van der Waals surface area contributed by atoms with Gasteiger partial charge in [0.2, 0.25) is 0 Å². The average molecular weight is 723 g/mol. The first-order valence-electron chi connectivity index (χ1n) is 27.8. The first kappa shape index (κ1) is 65.0. The SMILES string of the molecule is BBB(B(B)B)B(B(B(B)B)B(B)B)B(B(B(B(B)B)B(B)B)B(B(B)B)B(B)B)B(B(B(B(B)B)B(B)B)B(B(B)B)B(B)B)B(B(B(B)B)B(B)B)B(B(B)B)B(B)B. The van der Waals surface area contributed by atoms with Crippen molar-refractivity contribution in [2.75, 3.05) is 0 Å². The molecule has 0 N–H and O–H groups in total. The molecule has 0 amide bonds. The zero-order valence-corrected chi connectivity index (χ0v) is 48.5. The molecule has 0 radical (unpaired) electrons. The predicted molar refractivity (Wildman–Crippen MR) is 439 cm³/mol. The van der Waals surface area contributed by atoms with Crippen molar-refractivity contribution in [1.82, 2.24) is 0 Å². The summed E-state index contributed by atoms with van der Waals surface area (Å²) in [5.41, 5.74) is 0. The number of hydrogen-bond donors (Lipinski definition) is 0. The molecule has 61 heteroatoms. The molecule has 0 nitrogen and oxygen atoms in total. The quantitative estimate of drug-likeness (QED) is 0.0675. The van der Waals surface area contributed by atoms with Crippen LogP contribution in [0.1, 0.15) is 0 Å². The van der Waals surface area contributed by atoms with Crippen molar-refractivity contribution in [3.8, 4) is 0 Å². The van der Waals surface area contributed by atoms with Gasteiger partial charge in [-0.05, 0) is 0 Å². The third-order valence-electron chi connectivity index (χ3n) is 17.9. The van der Waals surface area contributed by atoms with Crippen molar-refractivity contribution < 1.29 is 0 Å². The molecule has 0 aliphatic heterocycles. The average Bonchev–Trinajstić information content (AvgIpc) is 3.03. The van der Waals surface area contributed by atoms with Crippen LogP contribution in [0, 0.1) is 0 Å². The Labute approximate surface area is 428 Å². The molecule has 0 bridgehead atoms. The lowest BCUT2D eigenvalue weighted by Crippen LogP contribution is -2.97. The molecular weight excluding hydrogens is 660 g/mol. The molecule has 0 atom stereocenters. The summed E-state index contributed by atoms with van der Waals surface area (Å²) in [4.78, 5) is 0. The van der Waals surface area contributed by atoms with E-state index >= 15 is 0 Å². The summed E-state index contributed by atoms with van der Waals surface area (Å²) < 4.78 is 0. The maximum atomic E-state index is 2.65. The first-order valence-corrected chi connectivity index (χ1v) is 27.8. The lowest BCUT2D eigenvalue weighted by atomic mass is 8.22. The smallest absolute Gasteiger partial charge is 0.00000749 e. The first-order chi connectivity index (χ1) is 27.8. The molecule has 0 aromatic rings. The minimum Gasteiger partial charge on any atom is 0.00000749 e. The Morgan fingerprint density at radius 1 is 0.148 bits per heavy atom. The molecule has 0 aliphatic carbocycles.